The Morgan fingerprint density at radius 2 is 1.70 bits per heavy atom. The summed E-state index contributed by atoms with van der Waals surface area (Å²) < 4.78 is 26.4. The Balaban J connectivity index is 2.38. The van der Waals surface area contributed by atoms with Crippen LogP contribution in [0.4, 0.5) is 5.69 Å². The molecule has 0 saturated heterocycles. The minimum atomic E-state index is -3.51. The standard InChI is InChI=1S/C15H17NO2S2/c1-12-5-4-6-13(11-12)16(2)20(17,18)15-9-7-14(19-3)8-10-15/h4-11H,1-3H3. The fourth-order valence-corrected chi connectivity index (χ4v) is 3.46. The van der Waals surface area contributed by atoms with Gasteiger partial charge in [0.2, 0.25) is 0 Å². The number of rotatable bonds is 4. The van der Waals surface area contributed by atoms with Gasteiger partial charge in [0.05, 0.1) is 10.6 Å². The van der Waals surface area contributed by atoms with Crippen LogP contribution in [0.2, 0.25) is 0 Å². The number of sulfonamides is 1. The Hall–Kier alpha value is -1.46. The zero-order valence-corrected chi connectivity index (χ0v) is 13.3. The highest BCUT2D eigenvalue weighted by Gasteiger charge is 2.21. The molecule has 0 radical (unpaired) electrons. The first-order chi connectivity index (χ1) is 9.45. The van der Waals surface area contributed by atoms with Crippen LogP contribution in [0.25, 0.3) is 0 Å². The largest absolute Gasteiger partial charge is 0.269 e. The minimum Gasteiger partial charge on any atom is -0.269 e. The fourth-order valence-electron chi connectivity index (χ4n) is 1.87. The first-order valence-corrected chi connectivity index (χ1v) is 8.81. The molecule has 2 aromatic rings. The molecule has 0 unspecified atom stereocenters. The quantitative estimate of drug-likeness (QED) is 0.811. The van der Waals surface area contributed by atoms with Crippen molar-refractivity contribution in [1.29, 1.82) is 0 Å². The topological polar surface area (TPSA) is 37.4 Å². The van der Waals surface area contributed by atoms with E-state index in [9.17, 15) is 8.42 Å². The molecule has 0 bridgehead atoms. The van der Waals surface area contributed by atoms with Crippen molar-refractivity contribution in [3.63, 3.8) is 0 Å². The first-order valence-electron chi connectivity index (χ1n) is 6.15. The molecule has 0 aromatic heterocycles. The number of nitrogens with zero attached hydrogens (tertiary/aromatic N) is 1. The molecule has 0 fully saturated rings. The number of hydrogen-bond acceptors (Lipinski definition) is 3. The third-order valence-corrected chi connectivity index (χ3v) is 5.63. The van der Waals surface area contributed by atoms with Crippen molar-refractivity contribution in [3.8, 4) is 0 Å². The highest BCUT2D eigenvalue weighted by Crippen LogP contribution is 2.24. The Labute approximate surface area is 124 Å². The summed E-state index contributed by atoms with van der Waals surface area (Å²) in [6.07, 6.45) is 1.96. The van der Waals surface area contributed by atoms with Gasteiger partial charge in [-0.3, -0.25) is 4.31 Å². The van der Waals surface area contributed by atoms with Crippen LogP contribution in [0.5, 0.6) is 0 Å². The van der Waals surface area contributed by atoms with Gasteiger partial charge < -0.3 is 0 Å². The smallest absolute Gasteiger partial charge is 0.264 e. The van der Waals surface area contributed by atoms with E-state index in [4.69, 9.17) is 0 Å². The maximum atomic E-state index is 12.6. The van der Waals surface area contributed by atoms with E-state index in [0.717, 1.165) is 10.5 Å². The molecule has 0 saturated carbocycles. The average molecular weight is 307 g/mol. The monoisotopic (exact) mass is 307 g/mol. The summed E-state index contributed by atoms with van der Waals surface area (Å²) in [5, 5.41) is 0. The molecular formula is C15H17NO2S2. The maximum absolute atomic E-state index is 12.6. The summed E-state index contributed by atoms with van der Waals surface area (Å²) >= 11 is 1.59. The summed E-state index contributed by atoms with van der Waals surface area (Å²) in [7, 11) is -1.93. The van der Waals surface area contributed by atoms with E-state index in [2.05, 4.69) is 0 Å². The Morgan fingerprint density at radius 3 is 2.25 bits per heavy atom. The van der Waals surface area contributed by atoms with Crippen LogP contribution < -0.4 is 4.31 Å². The number of aryl methyl sites for hydroxylation is 1. The van der Waals surface area contributed by atoms with Gasteiger partial charge in [-0.05, 0) is 55.1 Å². The Bertz CT molecular complexity index is 694. The molecule has 0 heterocycles. The molecule has 3 nitrogen and oxygen atoms in total. The highest BCUT2D eigenvalue weighted by molar-refractivity contribution is 7.98. The van der Waals surface area contributed by atoms with Crippen LogP contribution in [0.1, 0.15) is 5.56 Å². The van der Waals surface area contributed by atoms with E-state index in [1.165, 1.54) is 4.31 Å². The van der Waals surface area contributed by atoms with Crippen LogP contribution in [0, 0.1) is 6.92 Å². The predicted molar refractivity (Wildman–Crippen MR) is 85.0 cm³/mol. The van der Waals surface area contributed by atoms with Gasteiger partial charge in [0.15, 0.2) is 0 Å². The predicted octanol–water partition coefficient (Wildman–Crippen LogP) is 3.54. The molecule has 0 aliphatic rings. The molecule has 2 rings (SSSR count). The Morgan fingerprint density at radius 1 is 1.05 bits per heavy atom. The van der Waals surface area contributed by atoms with Crippen molar-refractivity contribution in [1.82, 2.24) is 0 Å². The van der Waals surface area contributed by atoms with Gasteiger partial charge in [-0.2, -0.15) is 0 Å². The lowest BCUT2D eigenvalue weighted by Gasteiger charge is -2.20. The molecule has 106 valence electrons. The third-order valence-electron chi connectivity index (χ3n) is 3.08. The van der Waals surface area contributed by atoms with Crippen LogP contribution >= 0.6 is 11.8 Å². The van der Waals surface area contributed by atoms with Crippen molar-refractivity contribution >= 4 is 27.5 Å². The molecular weight excluding hydrogens is 290 g/mol. The summed E-state index contributed by atoms with van der Waals surface area (Å²) in [5.74, 6) is 0. The lowest BCUT2D eigenvalue weighted by molar-refractivity contribution is 0.594. The molecule has 0 aliphatic carbocycles. The molecule has 0 aliphatic heterocycles. The second kappa shape index (κ2) is 5.89. The molecule has 20 heavy (non-hydrogen) atoms. The van der Waals surface area contributed by atoms with E-state index in [1.807, 2.05) is 43.5 Å². The first kappa shape index (κ1) is 14.9. The number of thioether (sulfide) groups is 1. The zero-order valence-electron chi connectivity index (χ0n) is 11.7. The lowest BCUT2D eigenvalue weighted by Crippen LogP contribution is -2.26. The van der Waals surface area contributed by atoms with Crippen molar-refractivity contribution in [2.45, 2.75) is 16.7 Å². The fraction of sp³-hybridized carbons (Fsp3) is 0.200. The normalized spacial score (nSPS) is 11.3. The second-order valence-corrected chi connectivity index (χ2v) is 7.34. The van der Waals surface area contributed by atoms with Gasteiger partial charge >= 0.3 is 0 Å². The van der Waals surface area contributed by atoms with Gasteiger partial charge in [-0.1, -0.05) is 12.1 Å². The molecule has 5 heteroatoms. The molecule has 0 N–H and O–H groups in total. The summed E-state index contributed by atoms with van der Waals surface area (Å²) in [5.41, 5.74) is 1.70. The van der Waals surface area contributed by atoms with E-state index < -0.39 is 10.0 Å². The van der Waals surface area contributed by atoms with Gasteiger partial charge in [0.25, 0.3) is 10.0 Å². The lowest BCUT2D eigenvalue weighted by atomic mass is 10.2. The van der Waals surface area contributed by atoms with Crippen molar-refractivity contribution in [2.75, 3.05) is 17.6 Å². The van der Waals surface area contributed by atoms with Crippen molar-refractivity contribution < 1.29 is 8.42 Å². The van der Waals surface area contributed by atoms with E-state index in [-0.39, 0.29) is 0 Å². The summed E-state index contributed by atoms with van der Waals surface area (Å²) in [6, 6.07) is 14.4. The summed E-state index contributed by atoms with van der Waals surface area (Å²) in [4.78, 5) is 1.35. The molecule has 0 spiro atoms. The van der Waals surface area contributed by atoms with Crippen molar-refractivity contribution in [3.05, 3.63) is 54.1 Å². The van der Waals surface area contributed by atoms with Crippen LogP contribution in [-0.4, -0.2) is 21.7 Å². The molecule has 2 aromatic carbocycles. The third kappa shape index (κ3) is 2.99. The molecule has 0 amide bonds. The minimum absolute atomic E-state index is 0.305. The van der Waals surface area contributed by atoms with Gasteiger partial charge in [-0.25, -0.2) is 8.42 Å². The number of hydrogen-bond donors (Lipinski definition) is 0. The second-order valence-electron chi connectivity index (χ2n) is 4.49. The van der Waals surface area contributed by atoms with Crippen LogP contribution in [0.15, 0.2) is 58.3 Å². The van der Waals surface area contributed by atoms with Gasteiger partial charge in [0, 0.05) is 11.9 Å². The van der Waals surface area contributed by atoms with Gasteiger partial charge in [0.1, 0.15) is 0 Å². The summed E-state index contributed by atoms with van der Waals surface area (Å²) in [6.45, 7) is 1.94. The highest BCUT2D eigenvalue weighted by atomic mass is 32.2. The van der Waals surface area contributed by atoms with Gasteiger partial charge in [-0.15, -0.1) is 11.8 Å². The number of benzene rings is 2. The van der Waals surface area contributed by atoms with Crippen LogP contribution in [-0.2, 0) is 10.0 Å². The molecule has 0 atom stereocenters. The average Bonchev–Trinajstić information content (AvgIpc) is 2.46. The van der Waals surface area contributed by atoms with Crippen molar-refractivity contribution in [2.24, 2.45) is 0 Å². The SMILES string of the molecule is CSc1ccc(S(=O)(=O)N(C)c2cccc(C)c2)cc1. The van der Waals surface area contributed by atoms with Crippen LogP contribution in [0.3, 0.4) is 0 Å². The van der Waals surface area contributed by atoms with E-state index >= 15 is 0 Å². The maximum Gasteiger partial charge on any atom is 0.264 e. The number of anilines is 1. The zero-order chi connectivity index (χ0) is 14.8. The van der Waals surface area contributed by atoms with E-state index in [1.54, 1.807) is 37.0 Å². The Kier molecular flexibility index (Phi) is 4.40. The van der Waals surface area contributed by atoms with E-state index in [0.29, 0.717) is 10.6 Å².